The number of rotatable bonds is 8. The summed E-state index contributed by atoms with van der Waals surface area (Å²) in [7, 11) is -4.02. The Morgan fingerprint density at radius 3 is 2.64 bits per heavy atom. The van der Waals surface area contributed by atoms with Crippen molar-refractivity contribution in [2.75, 3.05) is 5.75 Å². The first-order valence-corrected chi connectivity index (χ1v) is 13.3. The molecular weight excluding hydrogens is 496 g/mol. The molecule has 36 heavy (non-hydrogen) atoms. The van der Waals surface area contributed by atoms with Gasteiger partial charge in [-0.05, 0) is 52.7 Å². The van der Waals surface area contributed by atoms with E-state index in [-0.39, 0.29) is 22.3 Å². The smallest absolute Gasteiger partial charge is 0.339 e. The number of hydrogen-bond acceptors (Lipinski definition) is 7. The summed E-state index contributed by atoms with van der Waals surface area (Å²) < 4.78 is 30.9. The first-order chi connectivity index (χ1) is 17.5. The lowest BCUT2D eigenvalue weighted by atomic mass is 10.1. The minimum absolute atomic E-state index is 0.0643. The standard InChI is InChI=1S/C26H20N4O4S2/c31-25(17-35-26-28-23-10-3-4-11-24(23)29-26)30-27-16-18-6-5-9-21(14-18)34-36(32,33)22-13-12-19-7-1-2-8-20(19)15-22/h1-16H,17H2,(H,28,29)(H,30,31)/b27-16-. The van der Waals surface area contributed by atoms with E-state index in [1.165, 1.54) is 30.1 Å². The first kappa shape index (κ1) is 23.6. The number of aromatic nitrogens is 2. The van der Waals surface area contributed by atoms with Gasteiger partial charge in [0.15, 0.2) is 5.16 Å². The second-order valence-corrected chi connectivity index (χ2v) is 10.3. The normalized spacial score (nSPS) is 11.8. The zero-order valence-corrected chi connectivity index (χ0v) is 20.4. The molecule has 4 aromatic carbocycles. The molecule has 8 nitrogen and oxygen atoms in total. The van der Waals surface area contributed by atoms with Crippen LogP contribution in [0.4, 0.5) is 0 Å². The van der Waals surface area contributed by atoms with Crippen LogP contribution in [-0.4, -0.2) is 36.3 Å². The number of benzene rings is 4. The van der Waals surface area contributed by atoms with Crippen LogP contribution >= 0.6 is 11.8 Å². The lowest BCUT2D eigenvalue weighted by molar-refractivity contribution is -0.118. The fraction of sp³-hybridized carbons (Fsp3) is 0.0385. The number of nitrogens with one attached hydrogen (secondary N) is 2. The van der Waals surface area contributed by atoms with Gasteiger partial charge in [-0.25, -0.2) is 10.4 Å². The maximum absolute atomic E-state index is 12.8. The molecular formula is C26H20N4O4S2. The van der Waals surface area contributed by atoms with Crippen molar-refractivity contribution in [3.05, 3.63) is 96.6 Å². The number of para-hydroxylation sites is 2. The highest BCUT2D eigenvalue weighted by Crippen LogP contribution is 2.23. The van der Waals surface area contributed by atoms with Gasteiger partial charge in [-0.3, -0.25) is 4.79 Å². The van der Waals surface area contributed by atoms with Gasteiger partial charge < -0.3 is 9.17 Å². The maximum atomic E-state index is 12.8. The topological polar surface area (TPSA) is 114 Å². The molecule has 0 bridgehead atoms. The SMILES string of the molecule is O=C(CSc1nc2ccccc2[nH]1)N/N=C\c1cccc(OS(=O)(=O)c2ccc3ccccc3c2)c1. The van der Waals surface area contributed by atoms with Gasteiger partial charge in [-0.1, -0.05) is 66.4 Å². The Morgan fingerprint density at radius 2 is 1.78 bits per heavy atom. The van der Waals surface area contributed by atoms with Crippen LogP contribution in [0.1, 0.15) is 5.56 Å². The van der Waals surface area contributed by atoms with Crippen LogP contribution in [0.3, 0.4) is 0 Å². The number of carbonyl (C=O) groups excluding carboxylic acids is 1. The molecule has 5 aromatic rings. The molecule has 0 aliphatic rings. The van der Waals surface area contributed by atoms with E-state index in [9.17, 15) is 13.2 Å². The lowest BCUT2D eigenvalue weighted by Gasteiger charge is -2.08. The molecule has 0 atom stereocenters. The molecule has 1 aromatic heterocycles. The van der Waals surface area contributed by atoms with Gasteiger partial charge in [0.05, 0.1) is 23.0 Å². The summed E-state index contributed by atoms with van der Waals surface area (Å²) >= 11 is 1.27. The Hall–Kier alpha value is -4.15. The number of carbonyl (C=O) groups is 1. The van der Waals surface area contributed by atoms with Crippen molar-refractivity contribution in [1.29, 1.82) is 0 Å². The van der Waals surface area contributed by atoms with Gasteiger partial charge in [0.1, 0.15) is 10.6 Å². The van der Waals surface area contributed by atoms with E-state index in [1.54, 1.807) is 30.3 Å². The van der Waals surface area contributed by atoms with Crippen LogP contribution in [-0.2, 0) is 14.9 Å². The summed E-state index contributed by atoms with van der Waals surface area (Å²) in [4.78, 5) is 19.8. The molecule has 0 aliphatic carbocycles. The van der Waals surface area contributed by atoms with Crippen LogP contribution < -0.4 is 9.61 Å². The van der Waals surface area contributed by atoms with Gasteiger partial charge >= 0.3 is 10.1 Å². The molecule has 1 heterocycles. The quantitative estimate of drug-likeness (QED) is 0.133. The number of imidazole rings is 1. The van der Waals surface area contributed by atoms with Crippen molar-refractivity contribution in [2.24, 2.45) is 5.10 Å². The predicted molar refractivity (Wildman–Crippen MR) is 141 cm³/mol. The Balaban J connectivity index is 1.19. The zero-order chi connectivity index (χ0) is 25.0. The van der Waals surface area contributed by atoms with Gasteiger partial charge in [0.25, 0.3) is 5.91 Å². The molecule has 2 N–H and O–H groups in total. The third-order valence-corrected chi connectivity index (χ3v) is 7.30. The van der Waals surface area contributed by atoms with E-state index >= 15 is 0 Å². The number of fused-ring (bicyclic) bond motifs is 2. The van der Waals surface area contributed by atoms with Gasteiger partial charge in [-0.15, -0.1) is 0 Å². The van der Waals surface area contributed by atoms with Crippen LogP contribution in [0.5, 0.6) is 5.75 Å². The summed E-state index contributed by atoms with van der Waals surface area (Å²) in [6.45, 7) is 0. The summed E-state index contributed by atoms with van der Waals surface area (Å²) in [5.41, 5.74) is 4.76. The van der Waals surface area contributed by atoms with Gasteiger partial charge in [0.2, 0.25) is 0 Å². The third-order valence-electron chi connectivity index (χ3n) is 5.18. The Bertz CT molecular complexity index is 1660. The highest BCUT2D eigenvalue weighted by atomic mass is 32.2. The minimum Gasteiger partial charge on any atom is -0.379 e. The second kappa shape index (κ2) is 10.2. The van der Waals surface area contributed by atoms with Crippen molar-refractivity contribution in [1.82, 2.24) is 15.4 Å². The van der Waals surface area contributed by atoms with E-state index in [1.807, 2.05) is 48.5 Å². The average molecular weight is 517 g/mol. The molecule has 0 spiro atoms. The molecule has 10 heteroatoms. The number of thioether (sulfide) groups is 1. The highest BCUT2D eigenvalue weighted by molar-refractivity contribution is 7.99. The number of nitrogens with zero attached hydrogens (tertiary/aromatic N) is 2. The van der Waals surface area contributed by atoms with Crippen LogP contribution in [0.15, 0.2) is 106 Å². The summed E-state index contributed by atoms with van der Waals surface area (Å²) in [5, 5.41) is 6.34. The summed E-state index contributed by atoms with van der Waals surface area (Å²) in [5.74, 6) is -0.0357. The van der Waals surface area contributed by atoms with Gasteiger partial charge in [0, 0.05) is 0 Å². The third kappa shape index (κ3) is 5.56. The van der Waals surface area contributed by atoms with Crippen molar-refractivity contribution in [2.45, 2.75) is 10.1 Å². The van der Waals surface area contributed by atoms with E-state index in [0.717, 1.165) is 21.8 Å². The largest absolute Gasteiger partial charge is 0.379 e. The molecule has 0 radical (unpaired) electrons. The molecule has 180 valence electrons. The minimum atomic E-state index is -4.02. The van der Waals surface area contributed by atoms with Crippen molar-refractivity contribution < 1.29 is 17.4 Å². The highest BCUT2D eigenvalue weighted by Gasteiger charge is 2.17. The van der Waals surface area contributed by atoms with E-state index in [4.69, 9.17) is 4.18 Å². The molecule has 1 amide bonds. The first-order valence-electron chi connectivity index (χ1n) is 10.9. The predicted octanol–water partition coefficient (Wildman–Crippen LogP) is 4.73. The fourth-order valence-electron chi connectivity index (χ4n) is 3.49. The molecule has 0 saturated heterocycles. The monoisotopic (exact) mass is 516 g/mol. The molecule has 5 rings (SSSR count). The zero-order valence-electron chi connectivity index (χ0n) is 18.8. The summed E-state index contributed by atoms with van der Waals surface area (Å²) in [6.07, 6.45) is 1.42. The van der Waals surface area contributed by atoms with Crippen molar-refractivity contribution >= 4 is 55.8 Å². The number of hydrogen-bond donors (Lipinski definition) is 2. The Labute approximate surface area is 211 Å². The van der Waals surface area contributed by atoms with Crippen LogP contribution in [0.2, 0.25) is 0 Å². The van der Waals surface area contributed by atoms with E-state index in [2.05, 4.69) is 20.5 Å². The Kier molecular flexibility index (Phi) is 6.70. The molecule has 0 fully saturated rings. The Morgan fingerprint density at radius 1 is 0.972 bits per heavy atom. The molecule has 0 aliphatic heterocycles. The maximum Gasteiger partial charge on any atom is 0.339 e. The van der Waals surface area contributed by atoms with Crippen LogP contribution in [0, 0.1) is 0 Å². The molecule has 0 saturated carbocycles. The fourth-order valence-corrected chi connectivity index (χ4v) is 5.12. The number of H-pyrrole nitrogens is 1. The number of amides is 1. The molecule has 0 unspecified atom stereocenters. The average Bonchev–Trinajstić information content (AvgIpc) is 3.30. The number of hydrazone groups is 1. The van der Waals surface area contributed by atoms with Crippen molar-refractivity contribution in [3.8, 4) is 5.75 Å². The lowest BCUT2D eigenvalue weighted by Crippen LogP contribution is -2.19. The second-order valence-electron chi connectivity index (χ2n) is 7.76. The number of aromatic amines is 1. The van der Waals surface area contributed by atoms with Crippen molar-refractivity contribution in [3.63, 3.8) is 0 Å². The van der Waals surface area contributed by atoms with E-state index in [0.29, 0.717) is 10.7 Å². The van der Waals surface area contributed by atoms with Gasteiger partial charge in [-0.2, -0.15) is 13.5 Å². The van der Waals surface area contributed by atoms with E-state index < -0.39 is 10.1 Å². The summed E-state index contributed by atoms with van der Waals surface area (Å²) in [6, 6.07) is 26.4. The van der Waals surface area contributed by atoms with Crippen LogP contribution in [0.25, 0.3) is 21.8 Å².